The second-order valence-electron chi connectivity index (χ2n) is 4.26. The van der Waals surface area contributed by atoms with Crippen LogP contribution in [0.4, 0.5) is 4.79 Å². The van der Waals surface area contributed by atoms with Crippen molar-refractivity contribution in [1.29, 1.82) is 0 Å². The van der Waals surface area contributed by atoms with Gasteiger partial charge in [0.05, 0.1) is 10.9 Å². The van der Waals surface area contributed by atoms with Crippen LogP contribution >= 0.6 is 22.9 Å². The molecule has 0 saturated carbocycles. The van der Waals surface area contributed by atoms with Crippen LogP contribution in [-0.2, 0) is 6.54 Å². The van der Waals surface area contributed by atoms with E-state index in [9.17, 15) is 4.79 Å². The van der Waals surface area contributed by atoms with Crippen LogP contribution in [0.3, 0.4) is 0 Å². The number of hydrogen-bond acceptors (Lipinski definition) is 2. The normalized spacial score (nSPS) is 11.2. The molecule has 0 unspecified atom stereocenters. The fourth-order valence-corrected chi connectivity index (χ4v) is 2.03. The number of carbonyl (C=O) groups is 1. The molecule has 1 rings (SSSR count). The molecule has 0 aliphatic rings. The van der Waals surface area contributed by atoms with Crippen molar-refractivity contribution in [3.63, 3.8) is 0 Å². The first-order chi connectivity index (χ1) is 6.87. The third kappa shape index (κ3) is 5.04. The lowest BCUT2D eigenvalue weighted by atomic mass is 10.1. The van der Waals surface area contributed by atoms with Gasteiger partial charge in [-0.3, -0.25) is 0 Å². The molecular weight excluding hydrogens is 232 g/mol. The van der Waals surface area contributed by atoms with Gasteiger partial charge in [-0.25, -0.2) is 4.79 Å². The highest BCUT2D eigenvalue weighted by molar-refractivity contribution is 7.16. The number of hydrogen-bond donors (Lipinski definition) is 2. The van der Waals surface area contributed by atoms with Gasteiger partial charge >= 0.3 is 6.03 Å². The number of nitrogens with one attached hydrogen (secondary N) is 2. The van der Waals surface area contributed by atoms with Gasteiger partial charge in [0.1, 0.15) is 0 Å². The second-order valence-corrected chi connectivity index (χ2v) is 6.06. The van der Waals surface area contributed by atoms with Gasteiger partial charge in [-0.1, -0.05) is 11.6 Å². The molecule has 1 aromatic heterocycles. The van der Waals surface area contributed by atoms with Crippen molar-refractivity contribution in [3.05, 3.63) is 21.3 Å². The molecule has 2 N–H and O–H groups in total. The van der Waals surface area contributed by atoms with Crippen molar-refractivity contribution < 1.29 is 4.79 Å². The van der Waals surface area contributed by atoms with E-state index in [2.05, 4.69) is 10.6 Å². The van der Waals surface area contributed by atoms with Crippen LogP contribution in [0.15, 0.2) is 12.1 Å². The monoisotopic (exact) mass is 246 g/mol. The standard InChI is InChI=1S/C10H15ClN2OS/c1-10(2,3)13-9(14)12-6-7-4-5-8(11)15-7/h4-5H,6H2,1-3H3,(H2,12,13,14). The summed E-state index contributed by atoms with van der Waals surface area (Å²) in [6, 6.07) is 3.57. The molecule has 0 bridgehead atoms. The zero-order valence-electron chi connectivity index (χ0n) is 9.06. The van der Waals surface area contributed by atoms with Crippen molar-refractivity contribution in [2.24, 2.45) is 0 Å². The van der Waals surface area contributed by atoms with Crippen molar-refractivity contribution in [2.75, 3.05) is 0 Å². The fourth-order valence-electron chi connectivity index (χ4n) is 0.999. The Kier molecular flexibility index (Phi) is 3.99. The van der Waals surface area contributed by atoms with E-state index in [1.807, 2.05) is 32.9 Å². The summed E-state index contributed by atoms with van der Waals surface area (Å²) < 4.78 is 0.739. The number of thiophene rings is 1. The Hall–Kier alpha value is -0.740. The lowest BCUT2D eigenvalue weighted by Gasteiger charge is -2.20. The van der Waals surface area contributed by atoms with Crippen molar-refractivity contribution >= 4 is 29.0 Å². The van der Waals surface area contributed by atoms with Crippen molar-refractivity contribution in [2.45, 2.75) is 32.9 Å². The van der Waals surface area contributed by atoms with E-state index in [0.29, 0.717) is 6.54 Å². The minimum absolute atomic E-state index is 0.160. The first-order valence-electron chi connectivity index (χ1n) is 4.67. The molecule has 15 heavy (non-hydrogen) atoms. The maximum atomic E-state index is 11.4. The van der Waals surface area contributed by atoms with E-state index < -0.39 is 0 Å². The average molecular weight is 247 g/mol. The lowest BCUT2D eigenvalue weighted by Crippen LogP contribution is -2.46. The molecule has 0 saturated heterocycles. The minimum Gasteiger partial charge on any atom is -0.334 e. The Morgan fingerprint density at radius 1 is 1.47 bits per heavy atom. The summed E-state index contributed by atoms with van der Waals surface area (Å²) in [6.45, 7) is 6.33. The number of carbonyl (C=O) groups excluding carboxylic acids is 1. The molecular formula is C10H15ClN2OS. The van der Waals surface area contributed by atoms with Gasteiger partial charge in [0.25, 0.3) is 0 Å². The average Bonchev–Trinajstić information content (AvgIpc) is 2.45. The quantitative estimate of drug-likeness (QED) is 0.828. The minimum atomic E-state index is -0.211. The Morgan fingerprint density at radius 2 is 2.13 bits per heavy atom. The highest BCUT2D eigenvalue weighted by Gasteiger charge is 2.13. The molecule has 0 aliphatic heterocycles. The molecule has 0 fully saturated rings. The van der Waals surface area contributed by atoms with Gasteiger partial charge < -0.3 is 10.6 Å². The van der Waals surface area contributed by atoms with E-state index in [0.717, 1.165) is 9.21 Å². The summed E-state index contributed by atoms with van der Waals surface area (Å²) in [6.07, 6.45) is 0. The van der Waals surface area contributed by atoms with Crippen LogP contribution < -0.4 is 10.6 Å². The molecule has 2 amide bonds. The fraction of sp³-hybridized carbons (Fsp3) is 0.500. The third-order valence-electron chi connectivity index (χ3n) is 1.54. The molecule has 1 aromatic rings. The zero-order valence-corrected chi connectivity index (χ0v) is 10.6. The first-order valence-corrected chi connectivity index (χ1v) is 5.86. The van der Waals surface area contributed by atoms with Gasteiger partial charge in [-0.05, 0) is 32.9 Å². The maximum Gasteiger partial charge on any atom is 0.315 e. The highest BCUT2D eigenvalue weighted by atomic mass is 35.5. The van der Waals surface area contributed by atoms with Crippen LogP contribution in [0.2, 0.25) is 4.34 Å². The predicted octanol–water partition coefficient (Wildman–Crippen LogP) is 3.00. The maximum absolute atomic E-state index is 11.4. The summed E-state index contributed by atoms with van der Waals surface area (Å²) in [5.74, 6) is 0. The number of amides is 2. The molecule has 0 atom stereocenters. The Labute approximate surface area is 98.8 Å². The Balaban J connectivity index is 2.35. The predicted molar refractivity (Wildman–Crippen MR) is 64.5 cm³/mol. The van der Waals surface area contributed by atoms with E-state index >= 15 is 0 Å². The van der Waals surface area contributed by atoms with Crippen molar-refractivity contribution in [1.82, 2.24) is 10.6 Å². The first kappa shape index (κ1) is 12.3. The van der Waals surface area contributed by atoms with Crippen LogP contribution in [0.25, 0.3) is 0 Å². The molecule has 0 aromatic carbocycles. The van der Waals surface area contributed by atoms with Gasteiger partial charge in [-0.15, -0.1) is 11.3 Å². The summed E-state index contributed by atoms with van der Waals surface area (Å²) in [7, 11) is 0. The molecule has 5 heteroatoms. The second kappa shape index (κ2) is 4.86. The third-order valence-corrected chi connectivity index (χ3v) is 2.77. The van der Waals surface area contributed by atoms with Gasteiger partial charge in [0, 0.05) is 10.4 Å². The largest absolute Gasteiger partial charge is 0.334 e. The van der Waals surface area contributed by atoms with E-state index in [1.165, 1.54) is 11.3 Å². The summed E-state index contributed by atoms with van der Waals surface area (Å²) >= 11 is 7.24. The van der Waals surface area contributed by atoms with E-state index in [4.69, 9.17) is 11.6 Å². The molecule has 3 nitrogen and oxygen atoms in total. The molecule has 0 aliphatic carbocycles. The topological polar surface area (TPSA) is 41.1 Å². The van der Waals surface area contributed by atoms with E-state index in [-0.39, 0.29) is 11.6 Å². The molecule has 0 radical (unpaired) electrons. The number of halogens is 1. The van der Waals surface area contributed by atoms with Crippen LogP contribution in [-0.4, -0.2) is 11.6 Å². The number of urea groups is 1. The summed E-state index contributed by atoms with van der Waals surface area (Å²) in [5, 5.41) is 5.59. The smallest absolute Gasteiger partial charge is 0.315 e. The van der Waals surface area contributed by atoms with E-state index in [1.54, 1.807) is 0 Å². The molecule has 0 spiro atoms. The Morgan fingerprint density at radius 3 is 2.60 bits per heavy atom. The highest BCUT2D eigenvalue weighted by Crippen LogP contribution is 2.20. The Bertz CT molecular complexity index is 343. The van der Waals surface area contributed by atoms with Crippen LogP contribution in [0.5, 0.6) is 0 Å². The summed E-state index contributed by atoms with van der Waals surface area (Å²) in [5.41, 5.74) is -0.211. The van der Waals surface area contributed by atoms with Crippen molar-refractivity contribution in [3.8, 4) is 0 Å². The van der Waals surface area contributed by atoms with Crippen LogP contribution in [0, 0.1) is 0 Å². The van der Waals surface area contributed by atoms with Gasteiger partial charge in [0.15, 0.2) is 0 Å². The van der Waals surface area contributed by atoms with Gasteiger partial charge in [-0.2, -0.15) is 0 Å². The molecule has 1 heterocycles. The van der Waals surface area contributed by atoms with Crippen LogP contribution in [0.1, 0.15) is 25.6 Å². The number of rotatable bonds is 2. The SMILES string of the molecule is CC(C)(C)NC(=O)NCc1ccc(Cl)s1. The summed E-state index contributed by atoms with van der Waals surface area (Å²) in [4.78, 5) is 12.4. The lowest BCUT2D eigenvalue weighted by molar-refractivity contribution is 0.231. The molecule has 84 valence electrons. The van der Waals surface area contributed by atoms with Gasteiger partial charge in [0.2, 0.25) is 0 Å². The zero-order chi connectivity index (χ0) is 11.5.